The zero-order valence-electron chi connectivity index (χ0n) is 21.2. The van der Waals surface area contributed by atoms with Crippen LogP contribution in [-0.2, 0) is 16.0 Å². The monoisotopic (exact) mass is 489 g/mol. The van der Waals surface area contributed by atoms with Crippen LogP contribution in [0.3, 0.4) is 0 Å². The third-order valence-corrected chi connectivity index (χ3v) is 7.54. The topological polar surface area (TPSA) is 57.7 Å². The van der Waals surface area contributed by atoms with E-state index in [9.17, 15) is 9.18 Å². The molecule has 1 aliphatic heterocycles. The molecule has 2 heterocycles. The highest BCUT2D eigenvalue weighted by Gasteiger charge is 2.39. The Hall–Kier alpha value is -3.41. The van der Waals surface area contributed by atoms with Gasteiger partial charge < -0.3 is 14.2 Å². The molecule has 1 aromatic heterocycles. The summed E-state index contributed by atoms with van der Waals surface area (Å²) in [5.41, 5.74) is 5.19. The van der Waals surface area contributed by atoms with Crippen molar-refractivity contribution in [3.8, 4) is 22.6 Å². The summed E-state index contributed by atoms with van der Waals surface area (Å²) in [6, 6.07) is 13.9. The van der Waals surface area contributed by atoms with Crippen LogP contribution in [0, 0.1) is 24.6 Å². The Morgan fingerprint density at radius 1 is 1.08 bits per heavy atom. The van der Waals surface area contributed by atoms with Gasteiger partial charge in [-0.05, 0) is 79.3 Å². The minimum atomic E-state index is -0.381. The lowest BCUT2D eigenvalue weighted by molar-refractivity contribution is -0.145. The zero-order chi connectivity index (χ0) is 25.4. The van der Waals surface area contributed by atoms with E-state index in [1.165, 1.54) is 18.9 Å². The number of nitrogens with zero attached hydrogens (tertiary/aromatic N) is 1. The van der Waals surface area contributed by atoms with Crippen molar-refractivity contribution >= 4 is 5.97 Å². The first kappa shape index (κ1) is 24.3. The molecule has 1 saturated carbocycles. The number of halogens is 1. The molecule has 2 aromatic carbocycles. The number of aromatic nitrogens is 1. The van der Waals surface area contributed by atoms with Crippen molar-refractivity contribution in [2.45, 2.75) is 51.6 Å². The molecule has 2 aliphatic rings. The summed E-state index contributed by atoms with van der Waals surface area (Å²) >= 11 is 0. The van der Waals surface area contributed by atoms with Gasteiger partial charge in [0.15, 0.2) is 0 Å². The Bertz CT molecular complexity index is 1290. The number of esters is 1. The van der Waals surface area contributed by atoms with Crippen LogP contribution in [-0.4, -0.2) is 25.2 Å². The first-order chi connectivity index (χ1) is 17.4. The highest BCUT2D eigenvalue weighted by molar-refractivity contribution is 5.73. The highest BCUT2D eigenvalue weighted by Crippen LogP contribution is 2.48. The van der Waals surface area contributed by atoms with Gasteiger partial charge in [0, 0.05) is 16.8 Å². The molecule has 0 N–H and O–H groups in total. The lowest BCUT2D eigenvalue weighted by Gasteiger charge is -2.29. The van der Waals surface area contributed by atoms with Crippen molar-refractivity contribution < 1.29 is 23.4 Å². The molecule has 188 valence electrons. The Morgan fingerprint density at radius 2 is 1.89 bits per heavy atom. The average Bonchev–Trinajstić information content (AvgIpc) is 3.74. The summed E-state index contributed by atoms with van der Waals surface area (Å²) < 4.78 is 31.7. The van der Waals surface area contributed by atoms with Crippen molar-refractivity contribution in [2.24, 2.45) is 11.8 Å². The van der Waals surface area contributed by atoms with Crippen LogP contribution in [0.5, 0.6) is 11.5 Å². The molecule has 36 heavy (non-hydrogen) atoms. The molecule has 1 aliphatic carbocycles. The fourth-order valence-electron chi connectivity index (χ4n) is 5.47. The minimum absolute atomic E-state index is 0.129. The fourth-order valence-corrected chi connectivity index (χ4v) is 5.47. The van der Waals surface area contributed by atoms with Crippen LogP contribution in [0.4, 0.5) is 4.39 Å². The first-order valence-corrected chi connectivity index (χ1v) is 12.6. The van der Waals surface area contributed by atoms with Gasteiger partial charge in [0.25, 0.3) is 0 Å². The molecule has 5 nitrogen and oxygen atoms in total. The molecule has 3 atom stereocenters. The van der Waals surface area contributed by atoms with Gasteiger partial charge in [-0.15, -0.1) is 0 Å². The van der Waals surface area contributed by atoms with Crippen molar-refractivity contribution in [1.29, 1.82) is 0 Å². The number of aryl methyl sites for hydroxylation is 2. The Balaban J connectivity index is 1.42. The quantitative estimate of drug-likeness (QED) is 0.351. The lowest BCUT2D eigenvalue weighted by Crippen LogP contribution is -2.23. The molecule has 6 heteroatoms. The van der Waals surface area contributed by atoms with E-state index in [1.54, 1.807) is 13.2 Å². The van der Waals surface area contributed by atoms with Crippen molar-refractivity contribution in [2.75, 3.05) is 14.2 Å². The SMILES string of the molecule is COC(=O)[C@@H](C)[C@H](c1ccc2c(c1)O[C@H](c1ccc(-c3cc(C)ncc3F)c(OC)c1)CC2)C1CC1. The number of ether oxygens (including phenoxy) is 3. The van der Waals surface area contributed by atoms with Gasteiger partial charge in [0.05, 0.1) is 26.3 Å². The van der Waals surface area contributed by atoms with Gasteiger partial charge in [-0.1, -0.05) is 31.2 Å². The van der Waals surface area contributed by atoms with Gasteiger partial charge >= 0.3 is 5.97 Å². The molecule has 1 fully saturated rings. The highest BCUT2D eigenvalue weighted by atomic mass is 19.1. The third-order valence-electron chi connectivity index (χ3n) is 7.54. The van der Waals surface area contributed by atoms with Gasteiger partial charge in [0.1, 0.15) is 23.4 Å². The summed E-state index contributed by atoms with van der Waals surface area (Å²) in [6.07, 6.45) is 5.10. The second kappa shape index (κ2) is 9.92. The normalized spacial score (nSPS) is 18.5. The Kier molecular flexibility index (Phi) is 6.69. The molecule has 0 saturated heterocycles. The second-order valence-electron chi connectivity index (χ2n) is 9.95. The summed E-state index contributed by atoms with van der Waals surface area (Å²) in [4.78, 5) is 16.4. The van der Waals surface area contributed by atoms with E-state index >= 15 is 0 Å². The Labute approximate surface area is 211 Å². The molecule has 0 radical (unpaired) electrons. The largest absolute Gasteiger partial charge is 0.496 e. The number of hydrogen-bond acceptors (Lipinski definition) is 5. The number of benzene rings is 2. The number of carbonyl (C=O) groups excluding carboxylic acids is 1. The summed E-state index contributed by atoms with van der Waals surface area (Å²) in [5.74, 6) is 1.35. The molecule has 0 unspecified atom stereocenters. The maximum Gasteiger partial charge on any atom is 0.309 e. The predicted octanol–water partition coefficient (Wildman–Crippen LogP) is 6.57. The minimum Gasteiger partial charge on any atom is -0.496 e. The molecule has 0 amide bonds. The van der Waals surface area contributed by atoms with Crippen LogP contribution >= 0.6 is 0 Å². The summed E-state index contributed by atoms with van der Waals surface area (Å²) in [6.45, 7) is 3.80. The number of rotatable bonds is 7. The van der Waals surface area contributed by atoms with E-state index in [0.717, 1.165) is 48.3 Å². The van der Waals surface area contributed by atoms with Gasteiger partial charge in [-0.25, -0.2) is 4.39 Å². The molecule has 0 spiro atoms. The smallest absolute Gasteiger partial charge is 0.309 e. The molecular formula is C30H32FNO4. The van der Waals surface area contributed by atoms with Gasteiger partial charge in [-0.3, -0.25) is 9.78 Å². The van der Waals surface area contributed by atoms with Crippen LogP contribution in [0.1, 0.15) is 60.6 Å². The van der Waals surface area contributed by atoms with E-state index < -0.39 is 0 Å². The van der Waals surface area contributed by atoms with Crippen LogP contribution in [0.15, 0.2) is 48.7 Å². The van der Waals surface area contributed by atoms with Crippen molar-refractivity contribution in [3.63, 3.8) is 0 Å². The number of fused-ring (bicyclic) bond motifs is 1. The van der Waals surface area contributed by atoms with Crippen molar-refractivity contribution in [3.05, 3.63) is 76.9 Å². The lowest BCUT2D eigenvalue weighted by atomic mass is 9.82. The van der Waals surface area contributed by atoms with Crippen LogP contribution in [0.25, 0.3) is 11.1 Å². The van der Waals surface area contributed by atoms with E-state index in [0.29, 0.717) is 22.8 Å². The van der Waals surface area contributed by atoms with Gasteiger partial charge in [0.2, 0.25) is 0 Å². The number of methoxy groups -OCH3 is 2. The summed E-state index contributed by atoms with van der Waals surface area (Å²) in [5, 5.41) is 0. The molecule has 0 bridgehead atoms. The molecule has 3 aromatic rings. The van der Waals surface area contributed by atoms with E-state index in [1.807, 2.05) is 32.0 Å². The molecule has 5 rings (SSSR count). The number of pyridine rings is 1. The average molecular weight is 490 g/mol. The fraction of sp³-hybridized carbons (Fsp3) is 0.400. The first-order valence-electron chi connectivity index (χ1n) is 12.6. The van der Waals surface area contributed by atoms with E-state index in [-0.39, 0.29) is 29.7 Å². The number of carbonyl (C=O) groups is 1. The maximum absolute atomic E-state index is 14.5. The van der Waals surface area contributed by atoms with Gasteiger partial charge in [-0.2, -0.15) is 0 Å². The van der Waals surface area contributed by atoms with E-state index in [2.05, 4.69) is 23.2 Å². The third kappa shape index (κ3) is 4.69. The van der Waals surface area contributed by atoms with Crippen LogP contribution < -0.4 is 9.47 Å². The number of hydrogen-bond donors (Lipinski definition) is 0. The zero-order valence-corrected chi connectivity index (χ0v) is 21.2. The Morgan fingerprint density at radius 3 is 2.61 bits per heavy atom. The van der Waals surface area contributed by atoms with E-state index in [4.69, 9.17) is 14.2 Å². The standard InChI is InChI=1S/C30H32FNO4/c1-17-13-24(25(31)16-32-17)23-11-9-21(14-28(23)34-3)26-12-10-19-5-8-22(15-27(19)36-26)29(20-6-7-20)18(2)30(33)35-4/h5,8-9,11,13-16,18,20,26,29H,6-7,10,12H2,1-4H3/t18-,26-,29-/m0/s1. The molecular weight excluding hydrogens is 457 g/mol. The predicted molar refractivity (Wildman–Crippen MR) is 136 cm³/mol. The second-order valence-corrected chi connectivity index (χ2v) is 9.95. The van der Waals surface area contributed by atoms with Crippen LogP contribution in [0.2, 0.25) is 0 Å². The summed E-state index contributed by atoms with van der Waals surface area (Å²) in [7, 11) is 3.05. The maximum atomic E-state index is 14.5. The van der Waals surface area contributed by atoms with Crippen molar-refractivity contribution in [1.82, 2.24) is 4.98 Å².